The summed E-state index contributed by atoms with van der Waals surface area (Å²) in [5, 5.41) is 9.78. The van der Waals surface area contributed by atoms with Crippen LogP contribution in [0.4, 0.5) is 0 Å². The minimum Gasteiger partial charge on any atom is -0.396 e. The second-order valence-corrected chi connectivity index (χ2v) is 7.41. The molecule has 1 aromatic rings. The van der Waals surface area contributed by atoms with E-state index in [9.17, 15) is 5.11 Å². The molecule has 3 nitrogen and oxygen atoms in total. The Morgan fingerprint density at radius 3 is 2.26 bits per heavy atom. The lowest BCUT2D eigenvalue weighted by atomic mass is 9.96. The highest BCUT2D eigenvalue weighted by Crippen LogP contribution is 2.25. The van der Waals surface area contributed by atoms with Gasteiger partial charge in [0, 0.05) is 32.8 Å². The molecule has 3 rings (SSSR count). The Labute approximate surface area is 141 Å². The smallest absolute Gasteiger partial charge is 0.0475 e. The Morgan fingerprint density at radius 2 is 1.57 bits per heavy atom. The van der Waals surface area contributed by atoms with E-state index in [0.717, 1.165) is 26.1 Å². The molecular formula is C20H32N2O. The van der Waals surface area contributed by atoms with Crippen LogP contribution in [0.2, 0.25) is 0 Å². The Balaban J connectivity index is 1.48. The van der Waals surface area contributed by atoms with Crippen LogP contribution < -0.4 is 0 Å². The third kappa shape index (κ3) is 5.03. The van der Waals surface area contributed by atoms with Gasteiger partial charge in [-0.1, -0.05) is 43.2 Å². The first-order valence-corrected chi connectivity index (χ1v) is 9.44. The molecule has 0 bridgehead atoms. The molecule has 1 aromatic carbocycles. The van der Waals surface area contributed by atoms with Crippen LogP contribution in [0.5, 0.6) is 0 Å². The van der Waals surface area contributed by atoms with Crippen molar-refractivity contribution in [3.8, 4) is 0 Å². The third-order valence-corrected chi connectivity index (χ3v) is 5.64. The summed E-state index contributed by atoms with van der Waals surface area (Å²) in [7, 11) is 0. The first-order valence-electron chi connectivity index (χ1n) is 9.44. The van der Waals surface area contributed by atoms with E-state index in [1.165, 1.54) is 50.9 Å². The van der Waals surface area contributed by atoms with Crippen LogP contribution in [-0.4, -0.2) is 60.8 Å². The van der Waals surface area contributed by atoms with Gasteiger partial charge >= 0.3 is 0 Å². The summed E-state index contributed by atoms with van der Waals surface area (Å²) in [6.07, 6.45) is 6.62. The van der Waals surface area contributed by atoms with E-state index in [0.29, 0.717) is 18.4 Å². The van der Waals surface area contributed by atoms with Gasteiger partial charge in [0.2, 0.25) is 0 Å². The predicted molar refractivity (Wildman–Crippen MR) is 95.6 cm³/mol. The molecule has 2 aliphatic rings. The van der Waals surface area contributed by atoms with Crippen LogP contribution >= 0.6 is 0 Å². The van der Waals surface area contributed by atoms with Crippen molar-refractivity contribution in [3.05, 3.63) is 35.9 Å². The maximum Gasteiger partial charge on any atom is 0.0475 e. The number of aliphatic hydroxyl groups is 1. The zero-order valence-electron chi connectivity index (χ0n) is 14.4. The van der Waals surface area contributed by atoms with Crippen molar-refractivity contribution in [2.75, 3.05) is 45.9 Å². The monoisotopic (exact) mass is 316 g/mol. The molecule has 2 heterocycles. The lowest BCUT2D eigenvalue weighted by Crippen LogP contribution is -2.34. The standard InChI is InChI=1S/C20H32N2O/c23-17-20-16-22(13-10-18-8-4-3-5-9-18)15-19(20)14-21-11-6-1-2-7-12-21/h3-5,8-9,19-20,23H,1-2,6-7,10-17H2/t19-,20-/m1/s1. The van der Waals surface area contributed by atoms with E-state index in [2.05, 4.69) is 40.1 Å². The second-order valence-electron chi connectivity index (χ2n) is 7.41. The lowest BCUT2D eigenvalue weighted by Gasteiger charge is -2.26. The van der Waals surface area contributed by atoms with Gasteiger partial charge in [-0.15, -0.1) is 0 Å². The molecule has 0 saturated carbocycles. The van der Waals surface area contributed by atoms with Crippen LogP contribution in [0.1, 0.15) is 31.2 Å². The van der Waals surface area contributed by atoms with Crippen molar-refractivity contribution in [1.29, 1.82) is 0 Å². The average molecular weight is 316 g/mol. The maximum atomic E-state index is 9.78. The first kappa shape index (κ1) is 16.9. The van der Waals surface area contributed by atoms with Crippen LogP contribution in [-0.2, 0) is 6.42 Å². The van der Waals surface area contributed by atoms with Gasteiger partial charge in [-0.25, -0.2) is 0 Å². The number of hydrogen-bond donors (Lipinski definition) is 1. The maximum absolute atomic E-state index is 9.78. The predicted octanol–water partition coefficient (Wildman–Crippen LogP) is 2.65. The molecule has 0 aliphatic carbocycles. The quantitative estimate of drug-likeness (QED) is 0.874. The Hall–Kier alpha value is -0.900. The van der Waals surface area contributed by atoms with Crippen molar-refractivity contribution < 1.29 is 5.11 Å². The molecule has 0 amide bonds. The van der Waals surface area contributed by atoms with Gasteiger partial charge in [0.25, 0.3) is 0 Å². The molecule has 0 unspecified atom stereocenters. The third-order valence-electron chi connectivity index (χ3n) is 5.64. The molecule has 0 spiro atoms. The van der Waals surface area contributed by atoms with Gasteiger partial charge in [0.05, 0.1) is 0 Å². The van der Waals surface area contributed by atoms with Crippen LogP contribution in [0.25, 0.3) is 0 Å². The minimum atomic E-state index is 0.348. The molecule has 2 atom stereocenters. The largest absolute Gasteiger partial charge is 0.396 e. The minimum absolute atomic E-state index is 0.348. The Kier molecular flexibility index (Phi) is 6.49. The summed E-state index contributed by atoms with van der Waals surface area (Å²) in [4.78, 5) is 5.22. The van der Waals surface area contributed by atoms with E-state index < -0.39 is 0 Å². The number of likely N-dealkylation sites (tertiary alicyclic amines) is 2. The fourth-order valence-electron chi connectivity index (χ4n) is 4.21. The molecule has 2 aliphatic heterocycles. The van der Waals surface area contributed by atoms with Crippen molar-refractivity contribution in [1.82, 2.24) is 9.80 Å². The second kappa shape index (κ2) is 8.81. The van der Waals surface area contributed by atoms with Crippen molar-refractivity contribution in [2.45, 2.75) is 32.1 Å². The van der Waals surface area contributed by atoms with Gasteiger partial charge in [-0.2, -0.15) is 0 Å². The SMILES string of the molecule is OC[C@H]1CN(CCc2ccccc2)C[C@H]1CN1CCCCCC1. The Morgan fingerprint density at radius 1 is 0.870 bits per heavy atom. The fraction of sp³-hybridized carbons (Fsp3) is 0.700. The first-order chi connectivity index (χ1) is 11.3. The Bertz CT molecular complexity index is 442. The lowest BCUT2D eigenvalue weighted by molar-refractivity contribution is 0.165. The normalized spacial score (nSPS) is 27.2. The van der Waals surface area contributed by atoms with E-state index in [1.807, 2.05) is 0 Å². The summed E-state index contributed by atoms with van der Waals surface area (Å²) in [6.45, 7) is 7.41. The number of benzene rings is 1. The van der Waals surface area contributed by atoms with Gasteiger partial charge in [-0.05, 0) is 49.8 Å². The summed E-state index contributed by atoms with van der Waals surface area (Å²) in [5.41, 5.74) is 1.42. The molecule has 3 heteroatoms. The molecule has 23 heavy (non-hydrogen) atoms. The molecule has 128 valence electrons. The van der Waals surface area contributed by atoms with Gasteiger partial charge < -0.3 is 14.9 Å². The molecule has 2 fully saturated rings. The van der Waals surface area contributed by atoms with Crippen LogP contribution in [0, 0.1) is 11.8 Å². The molecule has 0 aromatic heterocycles. The fourth-order valence-corrected chi connectivity index (χ4v) is 4.21. The van der Waals surface area contributed by atoms with Crippen molar-refractivity contribution >= 4 is 0 Å². The van der Waals surface area contributed by atoms with Gasteiger partial charge in [0.1, 0.15) is 0 Å². The molecular weight excluding hydrogens is 284 g/mol. The van der Waals surface area contributed by atoms with E-state index >= 15 is 0 Å². The van der Waals surface area contributed by atoms with Crippen molar-refractivity contribution in [2.24, 2.45) is 11.8 Å². The number of hydrogen-bond acceptors (Lipinski definition) is 3. The zero-order chi connectivity index (χ0) is 15.9. The van der Waals surface area contributed by atoms with E-state index in [1.54, 1.807) is 0 Å². The molecule has 1 N–H and O–H groups in total. The van der Waals surface area contributed by atoms with Crippen LogP contribution in [0.15, 0.2) is 30.3 Å². The number of aliphatic hydroxyl groups excluding tert-OH is 1. The summed E-state index contributed by atoms with van der Waals surface area (Å²) >= 11 is 0. The highest BCUT2D eigenvalue weighted by molar-refractivity contribution is 5.15. The van der Waals surface area contributed by atoms with E-state index in [-0.39, 0.29) is 0 Å². The highest BCUT2D eigenvalue weighted by Gasteiger charge is 2.33. The number of rotatable bonds is 6. The van der Waals surface area contributed by atoms with Gasteiger partial charge in [-0.3, -0.25) is 0 Å². The highest BCUT2D eigenvalue weighted by atomic mass is 16.3. The van der Waals surface area contributed by atoms with Gasteiger partial charge in [0.15, 0.2) is 0 Å². The molecule has 0 radical (unpaired) electrons. The average Bonchev–Trinajstić information content (AvgIpc) is 2.79. The summed E-state index contributed by atoms with van der Waals surface area (Å²) < 4.78 is 0. The molecule has 2 saturated heterocycles. The summed E-state index contributed by atoms with van der Waals surface area (Å²) in [5.74, 6) is 1.11. The number of nitrogens with zero attached hydrogens (tertiary/aromatic N) is 2. The zero-order valence-corrected chi connectivity index (χ0v) is 14.4. The van der Waals surface area contributed by atoms with E-state index in [4.69, 9.17) is 0 Å². The van der Waals surface area contributed by atoms with Crippen molar-refractivity contribution in [3.63, 3.8) is 0 Å². The summed E-state index contributed by atoms with van der Waals surface area (Å²) in [6, 6.07) is 10.8. The topological polar surface area (TPSA) is 26.7 Å². The van der Waals surface area contributed by atoms with Crippen LogP contribution in [0.3, 0.4) is 0 Å².